The number of hydrogen-bond donors (Lipinski definition) is 4. The zero-order chi connectivity index (χ0) is 48.2. The van der Waals surface area contributed by atoms with Crippen molar-refractivity contribution in [2.45, 2.75) is 88.4 Å². The second-order valence-electron chi connectivity index (χ2n) is 18.6. The fourth-order valence-corrected chi connectivity index (χ4v) is 8.56. The number of nitrogens with zero attached hydrogens (tertiary/aromatic N) is 8. The van der Waals surface area contributed by atoms with Crippen LogP contribution in [0.2, 0.25) is 0 Å². The Balaban J connectivity index is 0.000000170. The van der Waals surface area contributed by atoms with Crippen molar-refractivity contribution in [3.05, 3.63) is 60.9 Å². The third-order valence-corrected chi connectivity index (χ3v) is 12.4. The first-order valence-electron chi connectivity index (χ1n) is 22.5. The first kappa shape index (κ1) is 46.4. The molecule has 68 heavy (non-hydrogen) atoms. The molecule has 0 bridgehead atoms. The fourth-order valence-electron chi connectivity index (χ4n) is 8.56. The second-order valence-corrected chi connectivity index (χ2v) is 18.6. The number of rotatable bonds is 10. The summed E-state index contributed by atoms with van der Waals surface area (Å²) in [5.74, 6) is -5.48. The number of carbonyl (C=O) groups is 4. The highest BCUT2D eigenvalue weighted by Gasteiger charge is 2.53. The lowest BCUT2D eigenvalue weighted by molar-refractivity contribution is -0.129. The van der Waals surface area contributed by atoms with Crippen molar-refractivity contribution in [2.24, 2.45) is 0 Å². The molecule has 22 heteroatoms. The maximum Gasteiger partial charge on any atom is 0.319 e. The molecule has 4 aliphatic heterocycles. The van der Waals surface area contributed by atoms with Crippen LogP contribution in [0.3, 0.4) is 0 Å². The van der Waals surface area contributed by atoms with Crippen LogP contribution in [0.5, 0.6) is 0 Å². The number of nitrogens with one attached hydrogen (secondary N) is 4. The van der Waals surface area contributed by atoms with E-state index in [0.29, 0.717) is 72.1 Å². The number of aromatic nitrogens is 4. The molecule has 6 aliphatic rings. The van der Waals surface area contributed by atoms with E-state index in [1.165, 1.54) is 12.4 Å². The van der Waals surface area contributed by atoms with Gasteiger partial charge in [-0.3, -0.25) is 19.4 Å². The lowest BCUT2D eigenvalue weighted by atomic mass is 9.93. The third kappa shape index (κ3) is 9.82. The Morgan fingerprint density at radius 1 is 0.647 bits per heavy atom. The van der Waals surface area contributed by atoms with Crippen LogP contribution in [0.1, 0.15) is 53.4 Å². The molecule has 0 unspecified atom stereocenters. The number of morpholine rings is 2. The molecular formula is C46H52F4N12O6. The molecule has 0 spiro atoms. The zero-order valence-electron chi connectivity index (χ0n) is 38.0. The fraction of sp³-hybridized carbons (Fsp3) is 0.478. The topological polar surface area (TPSA) is 199 Å². The van der Waals surface area contributed by atoms with Gasteiger partial charge in [0.2, 0.25) is 0 Å². The second kappa shape index (κ2) is 17.8. The molecule has 2 aliphatic carbocycles. The van der Waals surface area contributed by atoms with Gasteiger partial charge in [0.05, 0.1) is 51.9 Å². The minimum absolute atomic E-state index is 0.0830. The molecule has 10 rings (SSSR count). The molecule has 2 aromatic heterocycles. The van der Waals surface area contributed by atoms with Crippen LogP contribution in [-0.2, 0) is 19.1 Å². The van der Waals surface area contributed by atoms with E-state index in [1.807, 2.05) is 9.80 Å². The molecule has 4 aromatic rings. The van der Waals surface area contributed by atoms with Crippen LogP contribution in [0.4, 0.5) is 61.5 Å². The molecule has 6 heterocycles. The number of halogens is 4. The van der Waals surface area contributed by atoms with Gasteiger partial charge in [-0.15, -0.1) is 0 Å². The summed E-state index contributed by atoms with van der Waals surface area (Å²) < 4.78 is 66.9. The highest BCUT2D eigenvalue weighted by Crippen LogP contribution is 2.44. The molecule has 2 saturated heterocycles. The van der Waals surface area contributed by atoms with Crippen LogP contribution in [0, 0.1) is 0 Å². The third-order valence-electron chi connectivity index (χ3n) is 12.4. The van der Waals surface area contributed by atoms with Crippen molar-refractivity contribution in [3.63, 3.8) is 0 Å². The lowest BCUT2D eigenvalue weighted by Gasteiger charge is -2.50. The Bertz CT molecular complexity index is 2410. The minimum atomic E-state index is -3.09. The summed E-state index contributed by atoms with van der Waals surface area (Å²) in [5.41, 5.74) is 0.875. The van der Waals surface area contributed by atoms with E-state index in [-0.39, 0.29) is 48.7 Å². The lowest BCUT2D eigenvalue weighted by Crippen LogP contribution is -2.68. The van der Waals surface area contributed by atoms with Gasteiger partial charge >= 0.3 is 12.1 Å². The Morgan fingerprint density at radius 3 is 1.35 bits per heavy atom. The van der Waals surface area contributed by atoms with Gasteiger partial charge in [-0.25, -0.2) is 47.1 Å². The number of urea groups is 2. The first-order chi connectivity index (χ1) is 32.3. The number of hydrogen-bond acceptors (Lipinski definition) is 12. The first-order valence-corrected chi connectivity index (χ1v) is 22.5. The van der Waals surface area contributed by atoms with Crippen LogP contribution < -0.4 is 40.9 Å². The molecule has 2 saturated carbocycles. The average Bonchev–Trinajstić information content (AvgIpc) is 4.25. The van der Waals surface area contributed by atoms with E-state index >= 15 is 0 Å². The Labute approximate surface area is 389 Å². The molecule has 4 fully saturated rings. The summed E-state index contributed by atoms with van der Waals surface area (Å²) >= 11 is 0. The van der Waals surface area contributed by atoms with Gasteiger partial charge in [0.25, 0.3) is 23.7 Å². The predicted octanol–water partition coefficient (Wildman–Crippen LogP) is 6.05. The Morgan fingerprint density at radius 2 is 1.01 bits per heavy atom. The molecule has 6 amide bonds. The largest absolute Gasteiger partial charge is 0.377 e. The smallest absolute Gasteiger partial charge is 0.319 e. The van der Waals surface area contributed by atoms with Crippen LogP contribution in [0.15, 0.2) is 60.9 Å². The minimum Gasteiger partial charge on any atom is -0.377 e. The summed E-state index contributed by atoms with van der Waals surface area (Å²) in [6.07, 6.45) is 6.86. The van der Waals surface area contributed by atoms with Crippen molar-refractivity contribution < 1.29 is 46.2 Å². The van der Waals surface area contributed by atoms with Crippen molar-refractivity contribution >= 4 is 58.3 Å². The quantitative estimate of drug-likeness (QED) is 0.135. The van der Waals surface area contributed by atoms with Crippen LogP contribution in [0.25, 0.3) is 22.8 Å². The normalized spacial score (nSPS) is 22.2. The van der Waals surface area contributed by atoms with Crippen molar-refractivity contribution in [1.82, 2.24) is 30.6 Å². The van der Waals surface area contributed by atoms with E-state index in [4.69, 9.17) is 9.47 Å². The Hall–Kier alpha value is -6.68. The highest BCUT2D eigenvalue weighted by atomic mass is 19.3. The maximum absolute atomic E-state index is 14.0. The van der Waals surface area contributed by atoms with Gasteiger partial charge in [-0.2, -0.15) is 0 Å². The molecule has 18 nitrogen and oxygen atoms in total. The van der Waals surface area contributed by atoms with E-state index in [2.05, 4.69) is 41.2 Å². The van der Waals surface area contributed by atoms with Crippen molar-refractivity contribution in [3.8, 4) is 22.8 Å². The van der Waals surface area contributed by atoms with E-state index in [9.17, 15) is 36.7 Å². The van der Waals surface area contributed by atoms with Gasteiger partial charge in [0.15, 0.2) is 23.3 Å². The number of anilines is 6. The van der Waals surface area contributed by atoms with Crippen molar-refractivity contribution in [2.75, 3.05) is 82.8 Å². The highest BCUT2D eigenvalue weighted by molar-refractivity contribution is 6.09. The van der Waals surface area contributed by atoms with E-state index in [0.717, 1.165) is 49.3 Å². The monoisotopic (exact) mass is 944 g/mol. The predicted molar refractivity (Wildman–Crippen MR) is 244 cm³/mol. The van der Waals surface area contributed by atoms with Gasteiger partial charge in [-0.05, 0) is 88.1 Å². The molecule has 2 aromatic carbocycles. The standard InChI is InChI=1S/2C23H26F2N6O3/c2*1-22-13-34-10-9-31(22)19-17(30(20(22)32)12-23(2,24)25)11-26-18(29-19)14-3-5-15(6-4-14)27-21(33)28-16-7-8-16/h2*3-6,11,16H,7-10,12-13H2,1-2H3,(H2,27,28,33)/t2*22-/m10/s1. The van der Waals surface area contributed by atoms with Gasteiger partial charge in [-0.1, -0.05) is 0 Å². The number of carbonyl (C=O) groups excluding carboxylic acids is 4. The van der Waals surface area contributed by atoms with Crippen molar-refractivity contribution in [1.29, 1.82) is 0 Å². The molecule has 4 N–H and O–H groups in total. The number of alkyl halides is 4. The Kier molecular flexibility index (Phi) is 12.1. The molecule has 2 atom stereocenters. The average molecular weight is 945 g/mol. The number of benzene rings is 2. The maximum atomic E-state index is 14.0. The van der Waals surface area contributed by atoms with E-state index in [1.54, 1.807) is 62.4 Å². The zero-order valence-corrected chi connectivity index (χ0v) is 38.0. The summed E-state index contributed by atoms with van der Waals surface area (Å²) in [6.45, 7) is 5.16. The van der Waals surface area contributed by atoms with Gasteiger partial charge < -0.3 is 40.5 Å². The van der Waals surface area contributed by atoms with Gasteiger partial charge in [0, 0.05) is 61.5 Å². The van der Waals surface area contributed by atoms with E-state index < -0.39 is 47.8 Å². The summed E-state index contributed by atoms with van der Waals surface area (Å²) in [7, 11) is 0. The number of fused-ring (bicyclic) bond motifs is 6. The number of amides is 6. The van der Waals surface area contributed by atoms with Crippen LogP contribution >= 0.6 is 0 Å². The summed E-state index contributed by atoms with van der Waals surface area (Å²) in [6, 6.07) is 14.1. The molecule has 360 valence electrons. The van der Waals surface area contributed by atoms with Crippen LogP contribution in [-0.4, -0.2) is 131 Å². The van der Waals surface area contributed by atoms with Gasteiger partial charge in [0.1, 0.15) is 22.5 Å². The molecular weight excluding hydrogens is 893 g/mol. The SMILES string of the molecule is CC(F)(F)CN1C(=O)[C@@]2(C)COCCN2c2nc(-c3ccc(NC(=O)NC4CC4)cc3)ncc21.CC(F)(F)CN1C(=O)[C@]2(C)COCCN2c2nc(-c3ccc(NC(=O)NC4CC4)cc3)ncc21. The summed E-state index contributed by atoms with van der Waals surface area (Å²) in [5, 5.41) is 11.3. The molecule has 0 radical (unpaired) electrons. The number of ether oxygens (including phenoxy) is 2. The summed E-state index contributed by atoms with van der Waals surface area (Å²) in [4.78, 5) is 74.3.